The molecule has 0 aromatic carbocycles. The molecule has 5 heteroatoms. The zero-order chi connectivity index (χ0) is 14.5. The lowest BCUT2D eigenvalue weighted by atomic mass is 10.0. The molecule has 0 aliphatic carbocycles. The van der Waals surface area contributed by atoms with Crippen LogP contribution in [0, 0.1) is 0 Å². The van der Waals surface area contributed by atoms with Crippen molar-refractivity contribution in [2.75, 3.05) is 0 Å². The van der Waals surface area contributed by atoms with Gasteiger partial charge in [-0.25, -0.2) is 0 Å². The Morgan fingerprint density at radius 2 is 1.65 bits per heavy atom. The van der Waals surface area contributed by atoms with Gasteiger partial charge in [-0.3, -0.25) is 11.3 Å². The molecule has 0 aliphatic rings. The Bertz CT molecular complexity index is 299. The number of rotatable bonds is 13. The zero-order valence-electron chi connectivity index (χ0n) is 12.9. The molecule has 1 heterocycles. The number of aromatic amines is 1. The second-order valence-corrected chi connectivity index (χ2v) is 5.58. The standard InChI is InChI=1S/C15H31N5/c1-2-3-4-5-6-7-8-9-10-11-12-14(18-16)15-13-17-20-19-15/h13-14,18H,2-12,16H2,1H3,(H,17,19,20). The first-order valence-corrected chi connectivity index (χ1v) is 8.20. The largest absolute Gasteiger partial charge is 0.271 e. The van der Waals surface area contributed by atoms with Crippen LogP contribution < -0.4 is 11.3 Å². The molecule has 1 aromatic rings. The van der Waals surface area contributed by atoms with Gasteiger partial charge in [0.1, 0.15) is 5.69 Å². The Balaban J connectivity index is 1.91. The lowest BCUT2D eigenvalue weighted by Crippen LogP contribution is -2.28. The fourth-order valence-corrected chi connectivity index (χ4v) is 2.53. The number of hydrogen-bond donors (Lipinski definition) is 3. The molecule has 1 aromatic heterocycles. The third-order valence-electron chi connectivity index (χ3n) is 3.84. The summed E-state index contributed by atoms with van der Waals surface area (Å²) in [6.07, 6.45) is 16.3. The summed E-state index contributed by atoms with van der Waals surface area (Å²) in [5.41, 5.74) is 3.72. The number of nitrogens with two attached hydrogens (primary N) is 1. The summed E-state index contributed by atoms with van der Waals surface area (Å²) in [4.78, 5) is 0. The number of unbranched alkanes of at least 4 members (excludes halogenated alkanes) is 9. The Morgan fingerprint density at radius 1 is 1.05 bits per heavy atom. The molecule has 20 heavy (non-hydrogen) atoms. The number of hydrogen-bond acceptors (Lipinski definition) is 4. The first-order chi connectivity index (χ1) is 9.88. The maximum atomic E-state index is 5.55. The van der Waals surface area contributed by atoms with Crippen LogP contribution in [-0.2, 0) is 0 Å². The van der Waals surface area contributed by atoms with Gasteiger partial charge in [0, 0.05) is 0 Å². The van der Waals surface area contributed by atoms with Crippen molar-refractivity contribution >= 4 is 0 Å². The van der Waals surface area contributed by atoms with Crippen LogP contribution in [0.5, 0.6) is 0 Å². The number of nitrogens with one attached hydrogen (secondary N) is 2. The van der Waals surface area contributed by atoms with Crippen LogP contribution in [0.1, 0.15) is 89.3 Å². The van der Waals surface area contributed by atoms with E-state index in [4.69, 9.17) is 5.84 Å². The number of aromatic nitrogens is 3. The van der Waals surface area contributed by atoms with Gasteiger partial charge in [0.25, 0.3) is 0 Å². The average Bonchev–Trinajstić information content (AvgIpc) is 2.99. The van der Waals surface area contributed by atoms with E-state index in [1.165, 1.54) is 64.2 Å². The highest BCUT2D eigenvalue weighted by molar-refractivity contribution is 4.98. The molecule has 0 bridgehead atoms. The number of H-pyrrole nitrogens is 1. The van der Waals surface area contributed by atoms with Crippen molar-refractivity contribution in [2.24, 2.45) is 5.84 Å². The van der Waals surface area contributed by atoms with E-state index in [1.807, 2.05) is 0 Å². The molecule has 0 saturated carbocycles. The number of hydrazine groups is 1. The predicted molar refractivity (Wildman–Crippen MR) is 82.9 cm³/mol. The highest BCUT2D eigenvalue weighted by atomic mass is 15.3. The van der Waals surface area contributed by atoms with E-state index in [1.54, 1.807) is 6.20 Å². The van der Waals surface area contributed by atoms with Crippen molar-refractivity contribution in [2.45, 2.75) is 83.6 Å². The van der Waals surface area contributed by atoms with E-state index in [-0.39, 0.29) is 6.04 Å². The number of nitrogens with zero attached hydrogens (tertiary/aromatic N) is 2. The quantitative estimate of drug-likeness (QED) is 0.293. The van der Waals surface area contributed by atoms with E-state index < -0.39 is 0 Å². The molecule has 4 N–H and O–H groups in total. The SMILES string of the molecule is CCCCCCCCCCCCC(NN)c1cn[nH]n1. The van der Waals surface area contributed by atoms with Gasteiger partial charge in [0.05, 0.1) is 12.2 Å². The van der Waals surface area contributed by atoms with Gasteiger partial charge in [0.15, 0.2) is 0 Å². The average molecular weight is 281 g/mol. The molecular weight excluding hydrogens is 250 g/mol. The maximum absolute atomic E-state index is 5.55. The maximum Gasteiger partial charge on any atom is 0.101 e. The fourth-order valence-electron chi connectivity index (χ4n) is 2.53. The van der Waals surface area contributed by atoms with Crippen LogP contribution >= 0.6 is 0 Å². The molecule has 5 nitrogen and oxygen atoms in total. The Morgan fingerprint density at radius 3 is 2.15 bits per heavy atom. The summed E-state index contributed by atoms with van der Waals surface area (Å²) in [6, 6.07) is 0.128. The lowest BCUT2D eigenvalue weighted by molar-refractivity contribution is 0.465. The Kier molecular flexibility index (Phi) is 10.1. The first kappa shape index (κ1) is 17.1. The van der Waals surface area contributed by atoms with E-state index in [2.05, 4.69) is 27.8 Å². The normalized spacial score (nSPS) is 12.7. The second-order valence-electron chi connectivity index (χ2n) is 5.58. The summed E-state index contributed by atoms with van der Waals surface area (Å²) in [7, 11) is 0. The second kappa shape index (κ2) is 11.9. The highest BCUT2D eigenvalue weighted by Gasteiger charge is 2.11. The molecule has 1 atom stereocenters. The van der Waals surface area contributed by atoms with Crippen molar-refractivity contribution in [3.05, 3.63) is 11.9 Å². The molecule has 1 unspecified atom stereocenters. The molecule has 116 valence electrons. The Hall–Kier alpha value is -0.940. The van der Waals surface area contributed by atoms with Crippen molar-refractivity contribution in [1.82, 2.24) is 20.8 Å². The summed E-state index contributed by atoms with van der Waals surface area (Å²) in [6.45, 7) is 2.27. The van der Waals surface area contributed by atoms with Crippen LogP contribution in [0.2, 0.25) is 0 Å². The van der Waals surface area contributed by atoms with Gasteiger partial charge in [0.2, 0.25) is 0 Å². The summed E-state index contributed by atoms with van der Waals surface area (Å²) in [5.74, 6) is 5.55. The van der Waals surface area contributed by atoms with Gasteiger partial charge in [-0.1, -0.05) is 71.1 Å². The van der Waals surface area contributed by atoms with Crippen molar-refractivity contribution in [1.29, 1.82) is 0 Å². The molecule has 0 saturated heterocycles. The van der Waals surface area contributed by atoms with Crippen molar-refractivity contribution in [3.63, 3.8) is 0 Å². The van der Waals surface area contributed by atoms with Gasteiger partial charge >= 0.3 is 0 Å². The summed E-state index contributed by atoms with van der Waals surface area (Å²) < 4.78 is 0. The monoisotopic (exact) mass is 281 g/mol. The van der Waals surface area contributed by atoms with E-state index in [9.17, 15) is 0 Å². The van der Waals surface area contributed by atoms with Gasteiger partial charge in [-0.05, 0) is 6.42 Å². The molecule has 0 aliphatic heterocycles. The van der Waals surface area contributed by atoms with E-state index in [0.717, 1.165) is 12.1 Å². The highest BCUT2D eigenvalue weighted by Crippen LogP contribution is 2.17. The van der Waals surface area contributed by atoms with Gasteiger partial charge in [-0.15, -0.1) is 0 Å². The molecule has 0 amide bonds. The van der Waals surface area contributed by atoms with Gasteiger partial charge in [-0.2, -0.15) is 15.4 Å². The van der Waals surface area contributed by atoms with Crippen LogP contribution in [0.3, 0.4) is 0 Å². The minimum atomic E-state index is 0.128. The third-order valence-corrected chi connectivity index (χ3v) is 3.84. The third kappa shape index (κ3) is 7.60. The van der Waals surface area contributed by atoms with Crippen LogP contribution in [-0.4, -0.2) is 15.4 Å². The zero-order valence-corrected chi connectivity index (χ0v) is 12.9. The van der Waals surface area contributed by atoms with Crippen LogP contribution in [0.4, 0.5) is 0 Å². The van der Waals surface area contributed by atoms with Gasteiger partial charge < -0.3 is 0 Å². The van der Waals surface area contributed by atoms with Crippen LogP contribution in [0.25, 0.3) is 0 Å². The summed E-state index contributed by atoms with van der Waals surface area (Å²) in [5, 5.41) is 10.5. The van der Waals surface area contributed by atoms with Crippen molar-refractivity contribution < 1.29 is 0 Å². The first-order valence-electron chi connectivity index (χ1n) is 8.20. The molecule has 0 fully saturated rings. The minimum absolute atomic E-state index is 0.128. The minimum Gasteiger partial charge on any atom is -0.271 e. The van der Waals surface area contributed by atoms with Crippen molar-refractivity contribution in [3.8, 4) is 0 Å². The lowest BCUT2D eigenvalue weighted by Gasteiger charge is -2.12. The fraction of sp³-hybridized carbons (Fsp3) is 0.867. The van der Waals surface area contributed by atoms with E-state index >= 15 is 0 Å². The predicted octanol–water partition coefficient (Wildman–Crippen LogP) is 3.62. The van der Waals surface area contributed by atoms with Crippen LogP contribution in [0.15, 0.2) is 6.20 Å². The van der Waals surface area contributed by atoms with E-state index in [0.29, 0.717) is 0 Å². The molecular formula is C15H31N5. The topological polar surface area (TPSA) is 79.6 Å². The smallest absolute Gasteiger partial charge is 0.101 e. The summed E-state index contributed by atoms with van der Waals surface area (Å²) >= 11 is 0. The molecule has 0 spiro atoms. The Labute approximate surface area is 123 Å². The molecule has 0 radical (unpaired) electrons. The molecule has 1 rings (SSSR count).